The number of hydrogen-bond donors (Lipinski definition) is 3. The summed E-state index contributed by atoms with van der Waals surface area (Å²) in [5, 5.41) is 11.5. The second-order valence-electron chi connectivity index (χ2n) is 7.30. The maximum Gasteiger partial charge on any atom is 0.407 e. The molecule has 148 valence electrons. The molecule has 2 rings (SSSR count). The molecule has 1 fully saturated rings. The van der Waals surface area contributed by atoms with Gasteiger partial charge in [-0.2, -0.15) is 0 Å². The van der Waals surface area contributed by atoms with Crippen LogP contribution in [0, 0.1) is 0 Å². The van der Waals surface area contributed by atoms with Gasteiger partial charge in [0.25, 0.3) is 5.91 Å². The number of piperazine rings is 1. The van der Waals surface area contributed by atoms with Crippen molar-refractivity contribution in [2.45, 2.75) is 26.4 Å². The molecule has 0 aromatic heterocycles. The van der Waals surface area contributed by atoms with Crippen molar-refractivity contribution in [1.29, 1.82) is 0 Å². The Morgan fingerprint density at radius 2 is 1.81 bits per heavy atom. The number of nitrogens with zero attached hydrogens (tertiary/aromatic N) is 2. The Hall–Kier alpha value is -2.97. The van der Waals surface area contributed by atoms with E-state index >= 15 is 0 Å². The van der Waals surface area contributed by atoms with Crippen molar-refractivity contribution in [2.24, 2.45) is 0 Å². The van der Waals surface area contributed by atoms with Crippen LogP contribution in [0.3, 0.4) is 0 Å². The van der Waals surface area contributed by atoms with Gasteiger partial charge in [-0.1, -0.05) is 0 Å². The Kier molecular flexibility index (Phi) is 6.14. The molecule has 0 atom stereocenters. The molecular weight excluding hydrogens is 352 g/mol. The fourth-order valence-electron chi connectivity index (χ4n) is 2.72. The van der Waals surface area contributed by atoms with Crippen LogP contribution < -0.4 is 16.0 Å². The number of amides is 2. The Morgan fingerprint density at radius 1 is 1.19 bits per heavy atom. The lowest BCUT2D eigenvalue weighted by molar-refractivity contribution is -0.153. The molecule has 4 N–H and O–H groups in total. The van der Waals surface area contributed by atoms with Gasteiger partial charge in [0.2, 0.25) is 0 Å². The van der Waals surface area contributed by atoms with Crippen LogP contribution in [0.1, 0.15) is 31.1 Å². The maximum atomic E-state index is 12.4. The number of hydrogen-bond acceptors (Lipinski definition) is 6. The summed E-state index contributed by atoms with van der Waals surface area (Å²) < 4.78 is 5.16. The summed E-state index contributed by atoms with van der Waals surface area (Å²) >= 11 is 0. The summed E-state index contributed by atoms with van der Waals surface area (Å²) in [6, 6.07) is 5.06. The number of nitrogens with one attached hydrogen (secondary N) is 1. The van der Waals surface area contributed by atoms with E-state index in [-0.39, 0.29) is 12.1 Å². The largest absolute Gasteiger partial charge is 0.465 e. The highest BCUT2D eigenvalue weighted by Gasteiger charge is 2.22. The van der Waals surface area contributed by atoms with Crippen LogP contribution in [0.25, 0.3) is 0 Å². The van der Waals surface area contributed by atoms with E-state index in [1.54, 1.807) is 39.0 Å². The molecule has 0 unspecified atom stereocenters. The predicted octanol–water partition coefficient (Wildman–Crippen LogP) is 1.14. The van der Waals surface area contributed by atoms with Crippen molar-refractivity contribution in [3.8, 4) is 0 Å². The third kappa shape index (κ3) is 5.77. The molecule has 9 heteroatoms. The summed E-state index contributed by atoms with van der Waals surface area (Å²) in [6.45, 7) is 6.82. The highest BCUT2D eigenvalue weighted by Crippen LogP contribution is 2.22. The van der Waals surface area contributed by atoms with E-state index in [9.17, 15) is 14.4 Å². The molecule has 1 aromatic rings. The number of ether oxygens (including phenoxy) is 1. The molecule has 1 saturated heterocycles. The quantitative estimate of drug-likeness (QED) is 0.530. The fourth-order valence-corrected chi connectivity index (χ4v) is 2.72. The van der Waals surface area contributed by atoms with E-state index in [0.717, 1.165) is 5.69 Å². The standard InChI is InChI=1S/C18H26N4O5/c1-18(2,3)27-15(23)11-20-16(24)13-10-12(4-5-14(13)19)21-6-8-22(9-7-21)17(25)26/h4-5,10H,6-9,11,19H2,1-3H3,(H,20,24)(H,25,26). The van der Waals surface area contributed by atoms with Crippen molar-refractivity contribution in [3.05, 3.63) is 23.8 Å². The highest BCUT2D eigenvalue weighted by atomic mass is 16.6. The van der Waals surface area contributed by atoms with Gasteiger partial charge in [0, 0.05) is 37.6 Å². The van der Waals surface area contributed by atoms with Crippen LogP contribution in [0.4, 0.5) is 16.2 Å². The minimum Gasteiger partial charge on any atom is -0.465 e. The van der Waals surface area contributed by atoms with E-state index in [1.165, 1.54) is 4.90 Å². The monoisotopic (exact) mass is 378 g/mol. The number of nitrogens with two attached hydrogens (primary N) is 1. The molecule has 27 heavy (non-hydrogen) atoms. The van der Waals surface area contributed by atoms with Crippen molar-refractivity contribution in [3.63, 3.8) is 0 Å². The Bertz CT molecular complexity index is 721. The number of carbonyl (C=O) groups excluding carboxylic acids is 2. The first-order valence-electron chi connectivity index (χ1n) is 8.69. The Labute approximate surface area is 158 Å². The highest BCUT2D eigenvalue weighted by molar-refractivity contribution is 6.01. The smallest absolute Gasteiger partial charge is 0.407 e. The number of anilines is 2. The lowest BCUT2D eigenvalue weighted by Crippen LogP contribution is -2.48. The lowest BCUT2D eigenvalue weighted by atomic mass is 10.1. The van der Waals surface area contributed by atoms with Crippen molar-refractivity contribution >= 4 is 29.3 Å². The van der Waals surface area contributed by atoms with Gasteiger partial charge in [-0.15, -0.1) is 0 Å². The molecule has 0 spiro atoms. The third-order valence-corrected chi connectivity index (χ3v) is 4.01. The van der Waals surface area contributed by atoms with Gasteiger partial charge in [-0.05, 0) is 39.0 Å². The SMILES string of the molecule is CC(C)(C)OC(=O)CNC(=O)c1cc(N2CCN(C(=O)O)CC2)ccc1N. The first kappa shape index (κ1) is 20.3. The van der Waals surface area contributed by atoms with Crippen LogP contribution in [0.2, 0.25) is 0 Å². The summed E-state index contributed by atoms with van der Waals surface area (Å²) in [7, 11) is 0. The van der Waals surface area contributed by atoms with Gasteiger partial charge in [-0.3, -0.25) is 9.59 Å². The number of carboxylic acid groups (broad SMARTS) is 1. The number of benzene rings is 1. The molecule has 1 aromatic carbocycles. The molecule has 0 saturated carbocycles. The fraction of sp³-hybridized carbons (Fsp3) is 0.500. The van der Waals surface area contributed by atoms with Gasteiger partial charge in [-0.25, -0.2) is 4.79 Å². The normalized spacial score (nSPS) is 14.6. The molecule has 0 radical (unpaired) electrons. The molecule has 0 aliphatic carbocycles. The van der Waals surface area contributed by atoms with Gasteiger partial charge in [0.05, 0.1) is 5.56 Å². The topological polar surface area (TPSA) is 125 Å². The minimum absolute atomic E-state index is 0.253. The van der Waals surface area contributed by atoms with Crippen molar-refractivity contribution in [2.75, 3.05) is 43.4 Å². The Morgan fingerprint density at radius 3 is 2.37 bits per heavy atom. The van der Waals surface area contributed by atoms with Crippen molar-refractivity contribution in [1.82, 2.24) is 10.2 Å². The van der Waals surface area contributed by atoms with Gasteiger partial charge in [0.15, 0.2) is 0 Å². The zero-order valence-electron chi connectivity index (χ0n) is 15.8. The summed E-state index contributed by atoms with van der Waals surface area (Å²) in [5.41, 5.74) is 6.61. The van der Waals surface area contributed by atoms with Gasteiger partial charge in [0.1, 0.15) is 12.1 Å². The van der Waals surface area contributed by atoms with Crippen LogP contribution >= 0.6 is 0 Å². The first-order chi connectivity index (χ1) is 12.6. The number of esters is 1. The third-order valence-electron chi connectivity index (χ3n) is 4.01. The van der Waals surface area contributed by atoms with E-state index in [2.05, 4.69) is 5.32 Å². The second kappa shape index (κ2) is 8.15. The van der Waals surface area contributed by atoms with E-state index in [4.69, 9.17) is 15.6 Å². The lowest BCUT2D eigenvalue weighted by Gasteiger charge is -2.34. The molecular formula is C18H26N4O5. The average molecular weight is 378 g/mol. The van der Waals surface area contributed by atoms with Crippen LogP contribution in [-0.4, -0.2) is 66.3 Å². The van der Waals surface area contributed by atoms with Crippen LogP contribution in [-0.2, 0) is 9.53 Å². The van der Waals surface area contributed by atoms with Crippen LogP contribution in [0.15, 0.2) is 18.2 Å². The van der Waals surface area contributed by atoms with Crippen molar-refractivity contribution < 1.29 is 24.2 Å². The average Bonchev–Trinajstić information content (AvgIpc) is 2.58. The van der Waals surface area contributed by atoms with Crippen LogP contribution in [0.5, 0.6) is 0 Å². The minimum atomic E-state index is -0.936. The Balaban J connectivity index is 2.01. The molecule has 9 nitrogen and oxygen atoms in total. The zero-order chi connectivity index (χ0) is 20.2. The molecule has 0 bridgehead atoms. The number of carbonyl (C=O) groups is 3. The summed E-state index contributed by atoms with van der Waals surface area (Å²) in [6.07, 6.45) is -0.936. The van der Waals surface area contributed by atoms with E-state index in [1.807, 2.05) is 4.90 Å². The van der Waals surface area contributed by atoms with Gasteiger partial charge < -0.3 is 30.7 Å². The predicted molar refractivity (Wildman–Crippen MR) is 101 cm³/mol. The first-order valence-corrected chi connectivity index (χ1v) is 8.69. The number of nitrogen functional groups attached to an aromatic ring is 1. The zero-order valence-corrected chi connectivity index (χ0v) is 15.8. The second-order valence-corrected chi connectivity index (χ2v) is 7.30. The number of rotatable bonds is 4. The summed E-state index contributed by atoms with van der Waals surface area (Å²) in [5.74, 6) is -1.00. The molecule has 1 heterocycles. The van der Waals surface area contributed by atoms with E-state index in [0.29, 0.717) is 31.9 Å². The molecule has 1 aliphatic heterocycles. The van der Waals surface area contributed by atoms with E-state index < -0.39 is 23.6 Å². The molecule has 1 aliphatic rings. The molecule has 2 amide bonds. The summed E-state index contributed by atoms with van der Waals surface area (Å²) in [4.78, 5) is 38.5. The maximum absolute atomic E-state index is 12.4. The van der Waals surface area contributed by atoms with Gasteiger partial charge >= 0.3 is 12.1 Å².